The Kier molecular flexibility index (Phi) is 9.30. The molecule has 56 valence electrons. The molecule has 0 N–H and O–H groups in total. The van der Waals surface area contributed by atoms with Crippen LogP contribution in [0.25, 0.3) is 0 Å². The molecule has 0 bridgehead atoms. The highest BCUT2D eigenvalue weighted by atomic mass is 32.2. The maximum Gasteiger partial charge on any atom is 0.0932 e. The molecular formula is C6H14OS2. The molecule has 0 aliphatic heterocycles. The third-order valence-corrected chi connectivity index (χ3v) is 2.22. The summed E-state index contributed by atoms with van der Waals surface area (Å²) in [6.07, 6.45) is 0. The summed E-state index contributed by atoms with van der Waals surface area (Å²) in [5, 5.41) is 0. The Labute approximate surface area is 65.9 Å². The van der Waals surface area contributed by atoms with Crippen LogP contribution in [0.3, 0.4) is 0 Å². The number of ether oxygens (including phenoxy) is 1. The number of hydrogen-bond acceptors (Lipinski definition) is 3. The van der Waals surface area contributed by atoms with Crippen LogP contribution in [0.15, 0.2) is 0 Å². The van der Waals surface area contributed by atoms with Crippen molar-refractivity contribution in [3.8, 4) is 0 Å². The molecule has 1 nitrogen and oxygen atoms in total. The fourth-order valence-corrected chi connectivity index (χ4v) is 1.16. The van der Waals surface area contributed by atoms with Crippen LogP contribution in [0, 0.1) is 0 Å². The van der Waals surface area contributed by atoms with Gasteiger partial charge in [-0.2, -0.15) is 0 Å². The zero-order valence-corrected chi connectivity index (χ0v) is 7.69. The fourth-order valence-electron chi connectivity index (χ4n) is 0.319. The second kappa shape index (κ2) is 8.66. The molecule has 0 aromatic carbocycles. The van der Waals surface area contributed by atoms with Crippen molar-refractivity contribution in [2.45, 2.75) is 13.8 Å². The highest BCUT2D eigenvalue weighted by Gasteiger charge is 1.84. The van der Waals surface area contributed by atoms with Crippen molar-refractivity contribution < 1.29 is 4.74 Å². The molecule has 0 radical (unpaired) electrons. The Morgan fingerprint density at radius 2 is 1.44 bits per heavy atom. The molecule has 0 aromatic heterocycles. The molecule has 3 heteroatoms. The van der Waals surface area contributed by atoms with Gasteiger partial charge < -0.3 is 4.74 Å². The van der Waals surface area contributed by atoms with E-state index in [2.05, 4.69) is 13.8 Å². The van der Waals surface area contributed by atoms with Crippen molar-refractivity contribution >= 4 is 23.5 Å². The molecule has 0 atom stereocenters. The van der Waals surface area contributed by atoms with Crippen LogP contribution in [0.2, 0.25) is 0 Å². The number of rotatable bonds is 6. The van der Waals surface area contributed by atoms with E-state index in [1.807, 2.05) is 23.5 Å². The van der Waals surface area contributed by atoms with E-state index in [-0.39, 0.29) is 0 Å². The Morgan fingerprint density at radius 3 is 1.78 bits per heavy atom. The molecule has 0 amide bonds. The summed E-state index contributed by atoms with van der Waals surface area (Å²) < 4.78 is 5.24. The lowest BCUT2D eigenvalue weighted by Crippen LogP contribution is -1.89. The van der Waals surface area contributed by atoms with E-state index in [1.165, 1.54) is 0 Å². The molecule has 0 spiro atoms. The van der Waals surface area contributed by atoms with Gasteiger partial charge in [0.15, 0.2) is 0 Å². The molecule has 0 aliphatic rings. The SMILES string of the molecule is CCSCOCSCC. The van der Waals surface area contributed by atoms with Crippen molar-refractivity contribution in [1.82, 2.24) is 0 Å². The van der Waals surface area contributed by atoms with Crippen molar-refractivity contribution in [3.63, 3.8) is 0 Å². The first kappa shape index (κ1) is 9.66. The van der Waals surface area contributed by atoms with Gasteiger partial charge in [-0.25, -0.2) is 0 Å². The van der Waals surface area contributed by atoms with Gasteiger partial charge >= 0.3 is 0 Å². The predicted octanol–water partition coefficient (Wildman–Crippen LogP) is 2.42. The Hall–Kier alpha value is 0.660. The average molecular weight is 166 g/mol. The van der Waals surface area contributed by atoms with Gasteiger partial charge in [0.1, 0.15) is 0 Å². The second-order valence-electron chi connectivity index (χ2n) is 1.43. The topological polar surface area (TPSA) is 9.23 Å². The average Bonchev–Trinajstić information content (AvgIpc) is 1.89. The lowest BCUT2D eigenvalue weighted by molar-refractivity contribution is 0.241. The Balaban J connectivity index is 2.60. The molecule has 0 fully saturated rings. The van der Waals surface area contributed by atoms with Gasteiger partial charge in [-0.1, -0.05) is 13.8 Å². The van der Waals surface area contributed by atoms with Crippen molar-refractivity contribution in [1.29, 1.82) is 0 Å². The molecule has 0 rings (SSSR count). The molecule has 0 aromatic rings. The quantitative estimate of drug-likeness (QED) is 0.443. The van der Waals surface area contributed by atoms with Crippen LogP contribution < -0.4 is 0 Å². The third kappa shape index (κ3) is 8.66. The van der Waals surface area contributed by atoms with E-state index in [9.17, 15) is 0 Å². The minimum absolute atomic E-state index is 0.851. The monoisotopic (exact) mass is 166 g/mol. The summed E-state index contributed by atoms with van der Waals surface area (Å²) in [4.78, 5) is 0. The standard InChI is InChI=1S/C6H14OS2/c1-3-8-5-7-6-9-4-2/h3-6H2,1-2H3. The molecule has 0 heterocycles. The van der Waals surface area contributed by atoms with Crippen molar-refractivity contribution in [2.24, 2.45) is 0 Å². The zero-order chi connectivity index (χ0) is 6.95. The zero-order valence-electron chi connectivity index (χ0n) is 6.05. The highest BCUT2D eigenvalue weighted by molar-refractivity contribution is 7.99. The van der Waals surface area contributed by atoms with E-state index in [0.29, 0.717) is 0 Å². The van der Waals surface area contributed by atoms with Gasteiger partial charge in [-0.05, 0) is 11.5 Å². The fraction of sp³-hybridized carbons (Fsp3) is 1.00. The van der Waals surface area contributed by atoms with E-state index in [1.54, 1.807) is 0 Å². The van der Waals surface area contributed by atoms with E-state index in [4.69, 9.17) is 4.74 Å². The van der Waals surface area contributed by atoms with Gasteiger partial charge in [-0.3, -0.25) is 0 Å². The van der Waals surface area contributed by atoms with Crippen molar-refractivity contribution in [3.05, 3.63) is 0 Å². The van der Waals surface area contributed by atoms with Gasteiger partial charge in [0.25, 0.3) is 0 Å². The normalized spacial score (nSPS) is 10.0. The summed E-state index contributed by atoms with van der Waals surface area (Å²) in [6.45, 7) is 4.28. The molecule has 9 heavy (non-hydrogen) atoms. The van der Waals surface area contributed by atoms with Crippen LogP contribution in [0.5, 0.6) is 0 Å². The van der Waals surface area contributed by atoms with E-state index >= 15 is 0 Å². The third-order valence-electron chi connectivity index (χ3n) is 0.742. The summed E-state index contributed by atoms with van der Waals surface area (Å²) in [7, 11) is 0. The first-order valence-corrected chi connectivity index (χ1v) is 5.46. The second-order valence-corrected chi connectivity index (χ2v) is 3.87. The minimum atomic E-state index is 0.851. The van der Waals surface area contributed by atoms with Gasteiger partial charge in [0.05, 0.1) is 11.9 Å². The molecule has 0 unspecified atom stereocenters. The first-order valence-electron chi connectivity index (χ1n) is 3.15. The molecule has 0 aliphatic carbocycles. The molecular weight excluding hydrogens is 152 g/mol. The summed E-state index contributed by atoms with van der Waals surface area (Å²) >= 11 is 3.65. The molecule has 0 saturated carbocycles. The van der Waals surface area contributed by atoms with Crippen LogP contribution in [-0.4, -0.2) is 23.4 Å². The smallest absolute Gasteiger partial charge is 0.0932 e. The lowest BCUT2D eigenvalue weighted by atomic mass is 11.0. The summed E-state index contributed by atoms with van der Waals surface area (Å²) in [6, 6.07) is 0. The highest BCUT2D eigenvalue weighted by Crippen LogP contribution is 2.03. The van der Waals surface area contributed by atoms with Gasteiger partial charge in [0.2, 0.25) is 0 Å². The molecule has 0 saturated heterocycles. The first-order chi connectivity index (χ1) is 4.41. The van der Waals surface area contributed by atoms with E-state index in [0.717, 1.165) is 23.4 Å². The maximum atomic E-state index is 5.24. The number of thioether (sulfide) groups is 2. The van der Waals surface area contributed by atoms with Crippen LogP contribution in [0.1, 0.15) is 13.8 Å². The van der Waals surface area contributed by atoms with Gasteiger partial charge in [0, 0.05) is 0 Å². The largest absolute Gasteiger partial charge is 0.360 e. The van der Waals surface area contributed by atoms with Gasteiger partial charge in [-0.15, -0.1) is 23.5 Å². The van der Waals surface area contributed by atoms with Crippen molar-refractivity contribution in [2.75, 3.05) is 23.4 Å². The Bertz CT molecular complexity index is 44.3. The summed E-state index contributed by atoms with van der Waals surface area (Å²) in [5.41, 5.74) is 0. The Morgan fingerprint density at radius 1 is 1.00 bits per heavy atom. The van der Waals surface area contributed by atoms with Crippen LogP contribution in [-0.2, 0) is 4.74 Å². The lowest BCUT2D eigenvalue weighted by Gasteiger charge is -1.99. The minimum Gasteiger partial charge on any atom is -0.360 e. The maximum absolute atomic E-state index is 5.24. The summed E-state index contributed by atoms with van der Waals surface area (Å²) in [5.74, 6) is 4.00. The number of hydrogen-bond donors (Lipinski definition) is 0. The van der Waals surface area contributed by atoms with E-state index < -0.39 is 0 Å². The van der Waals surface area contributed by atoms with Crippen LogP contribution in [0.4, 0.5) is 0 Å². The predicted molar refractivity (Wildman–Crippen MR) is 47.1 cm³/mol. The van der Waals surface area contributed by atoms with Crippen LogP contribution >= 0.6 is 23.5 Å².